The SMILES string of the molecule is CC(NC(=O)[C@@](C)(Cc1c[nH]c2ccccc12)NC(=O)OCc1ccccc1)c1ccccc1. The molecule has 4 aromatic rings. The predicted octanol–water partition coefficient (Wildman–Crippen LogP) is 5.27. The molecule has 4 rings (SSSR count). The fourth-order valence-corrected chi connectivity index (χ4v) is 4.01. The van der Waals surface area contributed by atoms with E-state index in [1.165, 1.54) is 0 Å². The Labute approximate surface area is 199 Å². The number of para-hydroxylation sites is 1. The first-order valence-corrected chi connectivity index (χ1v) is 11.3. The van der Waals surface area contributed by atoms with Crippen molar-refractivity contribution in [1.29, 1.82) is 0 Å². The maximum absolute atomic E-state index is 13.5. The molecule has 2 amide bonds. The average molecular weight is 456 g/mol. The van der Waals surface area contributed by atoms with Crippen molar-refractivity contribution in [2.75, 3.05) is 0 Å². The molecule has 0 spiro atoms. The van der Waals surface area contributed by atoms with Gasteiger partial charge in [0.15, 0.2) is 0 Å². The summed E-state index contributed by atoms with van der Waals surface area (Å²) in [5, 5.41) is 6.90. The Bertz CT molecular complexity index is 1250. The molecule has 0 radical (unpaired) electrons. The Morgan fingerprint density at radius 3 is 2.32 bits per heavy atom. The van der Waals surface area contributed by atoms with Gasteiger partial charge in [-0.2, -0.15) is 0 Å². The highest BCUT2D eigenvalue weighted by molar-refractivity contribution is 5.91. The van der Waals surface area contributed by atoms with Crippen LogP contribution in [0.2, 0.25) is 0 Å². The quantitative estimate of drug-likeness (QED) is 0.338. The van der Waals surface area contributed by atoms with Crippen LogP contribution in [-0.2, 0) is 22.6 Å². The van der Waals surface area contributed by atoms with Gasteiger partial charge in [0.05, 0.1) is 6.04 Å². The third kappa shape index (κ3) is 5.46. The highest BCUT2D eigenvalue weighted by atomic mass is 16.5. The fourth-order valence-electron chi connectivity index (χ4n) is 4.01. The van der Waals surface area contributed by atoms with Crippen molar-refractivity contribution in [3.05, 3.63) is 108 Å². The monoisotopic (exact) mass is 455 g/mol. The van der Waals surface area contributed by atoms with E-state index >= 15 is 0 Å². The zero-order valence-corrected chi connectivity index (χ0v) is 19.4. The predicted molar refractivity (Wildman–Crippen MR) is 133 cm³/mol. The number of carbonyl (C=O) groups is 2. The van der Waals surface area contributed by atoms with E-state index in [4.69, 9.17) is 4.74 Å². The molecule has 6 nitrogen and oxygen atoms in total. The molecule has 2 atom stereocenters. The minimum absolute atomic E-state index is 0.123. The van der Waals surface area contributed by atoms with E-state index in [-0.39, 0.29) is 18.6 Å². The Kier molecular flexibility index (Phi) is 6.97. The van der Waals surface area contributed by atoms with Crippen LogP contribution < -0.4 is 10.6 Å². The lowest BCUT2D eigenvalue weighted by molar-refractivity contribution is -0.127. The van der Waals surface area contributed by atoms with Crippen molar-refractivity contribution in [3.8, 4) is 0 Å². The Morgan fingerprint density at radius 2 is 1.59 bits per heavy atom. The van der Waals surface area contributed by atoms with Crippen LogP contribution in [-0.4, -0.2) is 22.5 Å². The van der Waals surface area contributed by atoms with Gasteiger partial charge in [0, 0.05) is 23.5 Å². The Hall–Kier alpha value is -4.06. The van der Waals surface area contributed by atoms with Crippen LogP contribution >= 0.6 is 0 Å². The van der Waals surface area contributed by atoms with Crippen molar-refractivity contribution >= 4 is 22.9 Å². The second kappa shape index (κ2) is 10.3. The number of alkyl carbamates (subject to hydrolysis) is 1. The van der Waals surface area contributed by atoms with Gasteiger partial charge >= 0.3 is 6.09 Å². The zero-order chi connectivity index (χ0) is 24.0. The van der Waals surface area contributed by atoms with Crippen LogP contribution in [0.25, 0.3) is 10.9 Å². The number of carbonyl (C=O) groups excluding carboxylic acids is 2. The molecule has 34 heavy (non-hydrogen) atoms. The van der Waals surface area contributed by atoms with Crippen LogP contribution in [0, 0.1) is 0 Å². The van der Waals surface area contributed by atoms with Gasteiger partial charge in [-0.3, -0.25) is 4.79 Å². The summed E-state index contributed by atoms with van der Waals surface area (Å²) in [4.78, 5) is 29.5. The van der Waals surface area contributed by atoms with E-state index in [2.05, 4.69) is 15.6 Å². The number of benzene rings is 3. The molecule has 1 unspecified atom stereocenters. The maximum Gasteiger partial charge on any atom is 0.408 e. The second-order valence-electron chi connectivity index (χ2n) is 8.66. The number of hydrogen-bond donors (Lipinski definition) is 3. The standard InChI is InChI=1S/C28H29N3O3/c1-20(22-13-7-4-8-14-22)30-26(32)28(2,17-23-18-29-25-16-10-9-15-24(23)25)31-27(33)34-19-21-11-5-3-6-12-21/h3-16,18,20,29H,17,19H2,1-2H3,(H,30,32)(H,31,33)/t20?,28-/m1/s1. The molecule has 0 aliphatic rings. The highest BCUT2D eigenvalue weighted by Gasteiger charge is 2.37. The topological polar surface area (TPSA) is 83.2 Å². The van der Waals surface area contributed by atoms with Gasteiger partial charge in [0.2, 0.25) is 5.91 Å². The lowest BCUT2D eigenvalue weighted by Gasteiger charge is -2.31. The number of aromatic nitrogens is 1. The molecule has 3 aromatic carbocycles. The summed E-state index contributed by atoms with van der Waals surface area (Å²) in [5.74, 6) is -0.286. The first-order chi connectivity index (χ1) is 16.4. The van der Waals surface area contributed by atoms with Crippen LogP contribution in [0.4, 0.5) is 4.79 Å². The van der Waals surface area contributed by atoms with Crippen LogP contribution in [0.1, 0.15) is 36.6 Å². The van der Waals surface area contributed by atoms with Crippen molar-refractivity contribution < 1.29 is 14.3 Å². The highest BCUT2D eigenvalue weighted by Crippen LogP contribution is 2.24. The number of nitrogens with one attached hydrogen (secondary N) is 3. The summed E-state index contributed by atoms with van der Waals surface area (Å²) in [6.45, 7) is 3.77. The molecule has 0 bridgehead atoms. The van der Waals surface area contributed by atoms with Gasteiger partial charge < -0.3 is 20.4 Å². The second-order valence-corrected chi connectivity index (χ2v) is 8.66. The number of ether oxygens (including phenoxy) is 1. The maximum atomic E-state index is 13.5. The Balaban J connectivity index is 1.54. The minimum atomic E-state index is -1.23. The molecule has 0 aliphatic heterocycles. The molecule has 1 aromatic heterocycles. The lowest BCUT2D eigenvalue weighted by atomic mass is 9.91. The number of rotatable bonds is 8. The van der Waals surface area contributed by atoms with Crippen LogP contribution in [0.5, 0.6) is 0 Å². The van der Waals surface area contributed by atoms with E-state index in [1.807, 2.05) is 98.0 Å². The van der Waals surface area contributed by atoms with Gasteiger partial charge in [-0.25, -0.2) is 4.79 Å². The molecule has 6 heteroatoms. The summed E-state index contributed by atoms with van der Waals surface area (Å²) >= 11 is 0. The number of hydrogen-bond acceptors (Lipinski definition) is 3. The van der Waals surface area contributed by atoms with Crippen LogP contribution in [0.3, 0.4) is 0 Å². The van der Waals surface area contributed by atoms with Crippen LogP contribution in [0.15, 0.2) is 91.1 Å². The molecule has 1 heterocycles. The molecule has 174 valence electrons. The molecular weight excluding hydrogens is 426 g/mol. The van der Waals surface area contributed by atoms with Gasteiger partial charge in [-0.1, -0.05) is 78.9 Å². The lowest BCUT2D eigenvalue weighted by Crippen LogP contribution is -2.58. The fraction of sp³-hybridized carbons (Fsp3) is 0.214. The molecular formula is C28H29N3O3. The average Bonchev–Trinajstić information content (AvgIpc) is 3.26. The largest absolute Gasteiger partial charge is 0.445 e. The normalized spacial score (nSPS) is 13.6. The van der Waals surface area contributed by atoms with Gasteiger partial charge in [0.1, 0.15) is 12.1 Å². The third-order valence-corrected chi connectivity index (χ3v) is 5.96. The first-order valence-electron chi connectivity index (χ1n) is 11.3. The third-order valence-electron chi connectivity index (χ3n) is 5.96. The van der Waals surface area contributed by atoms with Gasteiger partial charge in [0.25, 0.3) is 0 Å². The molecule has 0 saturated carbocycles. The van der Waals surface area contributed by atoms with Gasteiger partial charge in [-0.05, 0) is 36.6 Å². The molecule has 3 N–H and O–H groups in total. The summed E-state index contributed by atoms with van der Waals surface area (Å²) in [6, 6.07) is 26.8. The number of aromatic amines is 1. The van der Waals surface area contributed by atoms with E-state index in [0.29, 0.717) is 6.42 Å². The number of amides is 2. The van der Waals surface area contributed by atoms with E-state index < -0.39 is 11.6 Å². The smallest absolute Gasteiger partial charge is 0.408 e. The molecule has 0 saturated heterocycles. The van der Waals surface area contributed by atoms with Crippen molar-refractivity contribution in [2.45, 2.75) is 38.5 Å². The zero-order valence-electron chi connectivity index (χ0n) is 19.4. The summed E-state index contributed by atoms with van der Waals surface area (Å²) in [5.41, 5.74) is 2.53. The summed E-state index contributed by atoms with van der Waals surface area (Å²) in [6.07, 6.45) is 1.53. The number of fused-ring (bicyclic) bond motifs is 1. The molecule has 0 aliphatic carbocycles. The van der Waals surface area contributed by atoms with E-state index in [0.717, 1.165) is 27.6 Å². The Morgan fingerprint density at radius 1 is 0.941 bits per heavy atom. The van der Waals surface area contributed by atoms with Crippen molar-refractivity contribution in [1.82, 2.24) is 15.6 Å². The van der Waals surface area contributed by atoms with Crippen molar-refractivity contribution in [2.24, 2.45) is 0 Å². The summed E-state index contributed by atoms with van der Waals surface area (Å²) in [7, 11) is 0. The first kappa shape index (κ1) is 23.1. The minimum Gasteiger partial charge on any atom is -0.445 e. The van der Waals surface area contributed by atoms with Gasteiger partial charge in [-0.15, -0.1) is 0 Å². The van der Waals surface area contributed by atoms with E-state index in [1.54, 1.807) is 6.92 Å². The van der Waals surface area contributed by atoms with E-state index in [9.17, 15) is 9.59 Å². The number of H-pyrrole nitrogens is 1. The molecule has 0 fully saturated rings. The summed E-state index contributed by atoms with van der Waals surface area (Å²) < 4.78 is 5.43. The van der Waals surface area contributed by atoms with Crippen molar-refractivity contribution in [3.63, 3.8) is 0 Å².